The third-order valence-corrected chi connectivity index (χ3v) is 4.10. The number of carbonyl (C=O) groups is 1. The highest BCUT2D eigenvalue weighted by molar-refractivity contribution is 5.73. The molecule has 0 spiro atoms. The number of hydrogen-bond donors (Lipinski definition) is 3. The molecule has 0 radical (unpaired) electrons. The maximum atomic E-state index is 11.7. The van der Waals surface area contributed by atoms with E-state index in [4.69, 9.17) is 5.11 Å². The van der Waals surface area contributed by atoms with Crippen LogP contribution in [-0.4, -0.2) is 48.3 Å². The average Bonchev–Trinajstić information content (AvgIpc) is 2.55. The van der Waals surface area contributed by atoms with Crippen LogP contribution in [0.25, 0.3) is 0 Å². The topological polar surface area (TPSA) is 64.6 Å². The maximum absolute atomic E-state index is 11.7. The highest BCUT2D eigenvalue weighted by Crippen LogP contribution is 2.19. The first-order chi connectivity index (χ1) is 10.8. The van der Waals surface area contributed by atoms with Gasteiger partial charge in [-0.15, -0.1) is 0 Å². The Morgan fingerprint density at radius 3 is 2.82 bits per heavy atom. The smallest absolute Gasteiger partial charge is 0.314 e. The summed E-state index contributed by atoms with van der Waals surface area (Å²) in [6.45, 7) is 3.33. The Balaban J connectivity index is 1.78. The molecule has 0 bridgehead atoms. The van der Waals surface area contributed by atoms with E-state index >= 15 is 0 Å². The summed E-state index contributed by atoms with van der Waals surface area (Å²) >= 11 is 0. The van der Waals surface area contributed by atoms with Crippen molar-refractivity contribution in [3.63, 3.8) is 0 Å². The number of nitrogens with one attached hydrogen (secondary N) is 2. The molecule has 1 atom stereocenters. The second-order valence-electron chi connectivity index (χ2n) is 5.82. The van der Waals surface area contributed by atoms with Gasteiger partial charge in [0.05, 0.1) is 0 Å². The van der Waals surface area contributed by atoms with Crippen molar-refractivity contribution in [2.24, 2.45) is 0 Å². The molecule has 2 amide bonds. The number of aliphatic hydroxyl groups is 1. The normalized spacial score (nSPS) is 18.9. The summed E-state index contributed by atoms with van der Waals surface area (Å²) in [7, 11) is 0. The van der Waals surface area contributed by atoms with E-state index in [1.165, 1.54) is 18.4 Å². The fourth-order valence-corrected chi connectivity index (χ4v) is 2.87. The van der Waals surface area contributed by atoms with Crippen LogP contribution in [0.5, 0.6) is 0 Å². The number of rotatable bonds is 7. The van der Waals surface area contributed by atoms with Gasteiger partial charge in [0.25, 0.3) is 0 Å². The molecule has 1 aliphatic heterocycles. The zero-order valence-electron chi connectivity index (χ0n) is 13.1. The van der Waals surface area contributed by atoms with Crippen LogP contribution < -0.4 is 10.6 Å². The number of benzene rings is 1. The van der Waals surface area contributed by atoms with Crippen molar-refractivity contribution in [1.29, 1.82) is 0 Å². The minimum Gasteiger partial charge on any atom is -0.396 e. The fourth-order valence-electron chi connectivity index (χ4n) is 2.87. The van der Waals surface area contributed by atoms with E-state index in [-0.39, 0.29) is 12.6 Å². The Labute approximate surface area is 132 Å². The third-order valence-electron chi connectivity index (χ3n) is 4.10. The predicted molar refractivity (Wildman–Crippen MR) is 87.6 cm³/mol. The van der Waals surface area contributed by atoms with Gasteiger partial charge in [-0.2, -0.15) is 0 Å². The van der Waals surface area contributed by atoms with E-state index < -0.39 is 0 Å². The standard InChI is InChI=1S/C17H27N3O2/c21-12-6-10-18-17(22)19-13-16-9-4-5-11-20(16)14-15-7-2-1-3-8-15/h1-3,7-8,16,21H,4-6,9-14H2,(H2,18,19,22). The highest BCUT2D eigenvalue weighted by Gasteiger charge is 2.22. The molecular formula is C17H27N3O2. The molecule has 22 heavy (non-hydrogen) atoms. The van der Waals surface area contributed by atoms with Crippen molar-refractivity contribution in [1.82, 2.24) is 15.5 Å². The Bertz CT molecular complexity index is 439. The van der Waals surface area contributed by atoms with Crippen molar-refractivity contribution in [2.75, 3.05) is 26.2 Å². The largest absolute Gasteiger partial charge is 0.396 e. The van der Waals surface area contributed by atoms with Gasteiger partial charge in [0.2, 0.25) is 0 Å². The van der Waals surface area contributed by atoms with Gasteiger partial charge in [0, 0.05) is 32.3 Å². The van der Waals surface area contributed by atoms with Gasteiger partial charge in [0.15, 0.2) is 0 Å². The summed E-state index contributed by atoms with van der Waals surface area (Å²) in [4.78, 5) is 14.2. The van der Waals surface area contributed by atoms with Gasteiger partial charge >= 0.3 is 6.03 Å². The molecule has 1 unspecified atom stereocenters. The van der Waals surface area contributed by atoms with Crippen LogP contribution in [0.15, 0.2) is 30.3 Å². The van der Waals surface area contributed by atoms with E-state index in [9.17, 15) is 4.79 Å². The van der Waals surface area contributed by atoms with E-state index in [1.54, 1.807) is 0 Å². The maximum Gasteiger partial charge on any atom is 0.314 e. The number of nitrogens with zero attached hydrogens (tertiary/aromatic N) is 1. The molecule has 5 nitrogen and oxygen atoms in total. The summed E-state index contributed by atoms with van der Waals surface area (Å²) < 4.78 is 0. The molecule has 1 fully saturated rings. The molecule has 1 aliphatic rings. The molecule has 5 heteroatoms. The van der Waals surface area contributed by atoms with Gasteiger partial charge in [-0.05, 0) is 31.4 Å². The quantitative estimate of drug-likeness (QED) is 0.672. The summed E-state index contributed by atoms with van der Waals surface area (Å²) in [5.74, 6) is 0. The Hall–Kier alpha value is -1.59. The van der Waals surface area contributed by atoms with E-state index in [2.05, 4.69) is 39.8 Å². The number of amides is 2. The number of carbonyl (C=O) groups excluding carboxylic acids is 1. The van der Waals surface area contributed by atoms with E-state index in [0.717, 1.165) is 19.5 Å². The summed E-state index contributed by atoms with van der Waals surface area (Å²) in [5, 5.41) is 14.4. The monoisotopic (exact) mass is 305 g/mol. The lowest BCUT2D eigenvalue weighted by molar-refractivity contribution is 0.138. The van der Waals surface area contributed by atoms with Gasteiger partial charge in [-0.1, -0.05) is 36.8 Å². The number of piperidine rings is 1. The number of hydrogen-bond acceptors (Lipinski definition) is 3. The van der Waals surface area contributed by atoms with Crippen LogP contribution in [0.2, 0.25) is 0 Å². The number of likely N-dealkylation sites (tertiary alicyclic amines) is 1. The van der Waals surface area contributed by atoms with Crippen LogP contribution in [0, 0.1) is 0 Å². The first-order valence-electron chi connectivity index (χ1n) is 8.20. The zero-order chi connectivity index (χ0) is 15.6. The second-order valence-corrected chi connectivity index (χ2v) is 5.82. The minimum atomic E-state index is -0.140. The van der Waals surface area contributed by atoms with Crippen molar-refractivity contribution >= 4 is 6.03 Å². The van der Waals surface area contributed by atoms with E-state index in [1.807, 2.05) is 6.07 Å². The van der Waals surface area contributed by atoms with Crippen LogP contribution in [-0.2, 0) is 6.54 Å². The molecule has 3 N–H and O–H groups in total. The van der Waals surface area contributed by atoms with Crippen molar-refractivity contribution in [2.45, 2.75) is 38.3 Å². The number of aliphatic hydroxyl groups excluding tert-OH is 1. The molecule has 1 saturated heterocycles. The van der Waals surface area contributed by atoms with Crippen molar-refractivity contribution in [3.8, 4) is 0 Å². The van der Waals surface area contributed by atoms with Crippen LogP contribution in [0.4, 0.5) is 4.79 Å². The average molecular weight is 305 g/mol. The molecule has 1 aromatic rings. The first kappa shape index (κ1) is 16.8. The first-order valence-corrected chi connectivity index (χ1v) is 8.20. The van der Waals surface area contributed by atoms with Crippen LogP contribution >= 0.6 is 0 Å². The van der Waals surface area contributed by atoms with Crippen LogP contribution in [0.3, 0.4) is 0 Å². The van der Waals surface area contributed by atoms with Gasteiger partial charge in [0.1, 0.15) is 0 Å². The van der Waals surface area contributed by atoms with Gasteiger partial charge in [-0.3, -0.25) is 4.90 Å². The molecule has 0 aliphatic carbocycles. The van der Waals surface area contributed by atoms with Gasteiger partial charge < -0.3 is 15.7 Å². The molecular weight excluding hydrogens is 278 g/mol. The van der Waals surface area contributed by atoms with E-state index in [0.29, 0.717) is 25.6 Å². The zero-order valence-corrected chi connectivity index (χ0v) is 13.1. The summed E-state index contributed by atoms with van der Waals surface area (Å²) in [6.07, 6.45) is 4.18. The molecule has 1 aromatic carbocycles. The molecule has 0 aromatic heterocycles. The SMILES string of the molecule is O=C(NCCCO)NCC1CCCCN1Cc1ccccc1. The molecule has 2 rings (SSSR count). The Kier molecular flexibility index (Phi) is 7.19. The Morgan fingerprint density at radius 1 is 1.23 bits per heavy atom. The molecule has 1 heterocycles. The lowest BCUT2D eigenvalue weighted by Gasteiger charge is -2.35. The fraction of sp³-hybridized carbons (Fsp3) is 0.588. The van der Waals surface area contributed by atoms with Crippen molar-refractivity contribution < 1.29 is 9.90 Å². The third kappa shape index (κ3) is 5.66. The second kappa shape index (κ2) is 9.43. The predicted octanol–water partition coefficient (Wildman–Crippen LogP) is 1.72. The lowest BCUT2D eigenvalue weighted by Crippen LogP contribution is -2.48. The minimum absolute atomic E-state index is 0.105. The van der Waals surface area contributed by atoms with Crippen molar-refractivity contribution in [3.05, 3.63) is 35.9 Å². The van der Waals surface area contributed by atoms with Gasteiger partial charge in [-0.25, -0.2) is 4.79 Å². The summed E-state index contributed by atoms with van der Waals surface area (Å²) in [6, 6.07) is 10.7. The summed E-state index contributed by atoms with van der Waals surface area (Å²) in [5.41, 5.74) is 1.32. The Morgan fingerprint density at radius 2 is 2.05 bits per heavy atom. The van der Waals surface area contributed by atoms with Crippen LogP contribution in [0.1, 0.15) is 31.2 Å². The molecule has 122 valence electrons. The lowest BCUT2D eigenvalue weighted by atomic mass is 10.0. The number of urea groups is 1. The molecule has 0 saturated carbocycles. The highest BCUT2D eigenvalue weighted by atomic mass is 16.3.